The predicted molar refractivity (Wildman–Crippen MR) is 228 cm³/mol. The van der Waals surface area contributed by atoms with Gasteiger partial charge in [-0.25, -0.2) is 4.98 Å². The number of hydrogen-bond acceptors (Lipinski definition) is 4. The molecule has 4 aromatic heterocycles. The molecular weight excluding hydrogens is 896 g/mol. The Balaban J connectivity index is 0.00000408. The average Bonchev–Trinajstić information content (AvgIpc) is 3.83. The van der Waals surface area contributed by atoms with Crippen LogP contribution in [0.3, 0.4) is 0 Å². The van der Waals surface area contributed by atoms with Crippen molar-refractivity contribution >= 4 is 61.3 Å². The van der Waals surface area contributed by atoms with Gasteiger partial charge in [-0.1, -0.05) is 82.9 Å². The maximum atomic E-state index is 6.57. The molecule has 0 N–H and O–H groups in total. The van der Waals surface area contributed by atoms with E-state index in [0.717, 1.165) is 83.7 Å². The number of para-hydroxylation sites is 2. The Bertz CT molecular complexity index is 3190. The maximum Gasteiger partial charge on any atom is 2.00 e. The van der Waals surface area contributed by atoms with Gasteiger partial charge in [0, 0.05) is 41.7 Å². The third-order valence-corrected chi connectivity index (χ3v) is 10.3. The van der Waals surface area contributed by atoms with Crippen LogP contribution in [0.5, 0.6) is 11.5 Å². The van der Waals surface area contributed by atoms with E-state index in [-0.39, 0.29) is 21.1 Å². The molecule has 0 bridgehead atoms. The van der Waals surface area contributed by atoms with Crippen LogP contribution in [-0.4, -0.2) is 25.5 Å². The summed E-state index contributed by atoms with van der Waals surface area (Å²) >= 11 is 0. The first kappa shape index (κ1) is 35.1. The molecule has 1 aliphatic heterocycles. The molecule has 8 heteroatoms. The van der Waals surface area contributed by atoms with Crippen molar-refractivity contribution in [3.8, 4) is 39.8 Å². The molecule has 0 aliphatic carbocycles. The summed E-state index contributed by atoms with van der Waals surface area (Å²) in [4.78, 5) is 14.3. The van der Waals surface area contributed by atoms with Crippen molar-refractivity contribution in [3.63, 3.8) is 0 Å². The van der Waals surface area contributed by atoms with Crippen LogP contribution in [0.2, 0.25) is 0 Å². The molecule has 0 saturated carbocycles. The zero-order chi connectivity index (χ0) is 37.7. The second-order valence-corrected chi connectivity index (χ2v) is 13.7. The van der Waals surface area contributed by atoms with Gasteiger partial charge in [-0.2, -0.15) is 12.1 Å². The van der Waals surface area contributed by atoms with Crippen molar-refractivity contribution < 1.29 is 25.8 Å². The minimum atomic E-state index is 0. The van der Waals surface area contributed by atoms with Crippen LogP contribution in [-0.2, 0) is 21.1 Å². The Morgan fingerprint density at radius 1 is 0.500 bits per heavy atom. The molecule has 0 amide bonds. The van der Waals surface area contributed by atoms with Gasteiger partial charge in [-0.15, -0.1) is 23.6 Å². The van der Waals surface area contributed by atoms with E-state index in [1.807, 2.05) is 104 Å². The molecule has 274 valence electrons. The second-order valence-electron chi connectivity index (χ2n) is 13.7. The van der Waals surface area contributed by atoms with E-state index in [1.165, 1.54) is 0 Å². The van der Waals surface area contributed by atoms with Gasteiger partial charge < -0.3 is 9.30 Å². The van der Waals surface area contributed by atoms with E-state index >= 15 is 0 Å². The predicted octanol–water partition coefficient (Wildman–Crippen LogP) is 11.7. The number of ether oxygens (including phenoxy) is 1. The molecular formula is C50H30N6OPt+2. The van der Waals surface area contributed by atoms with Crippen molar-refractivity contribution in [2.45, 2.75) is 0 Å². The summed E-state index contributed by atoms with van der Waals surface area (Å²) in [5.41, 5.74) is 9.21. The van der Waals surface area contributed by atoms with E-state index < -0.39 is 0 Å². The fourth-order valence-corrected chi connectivity index (χ4v) is 7.85. The Labute approximate surface area is 348 Å². The smallest absolute Gasteiger partial charge is 0.509 e. The van der Waals surface area contributed by atoms with E-state index in [4.69, 9.17) is 14.7 Å². The molecule has 0 atom stereocenters. The minimum Gasteiger partial charge on any atom is -0.509 e. The molecule has 10 aromatic rings. The van der Waals surface area contributed by atoms with Crippen molar-refractivity contribution in [3.05, 3.63) is 195 Å². The van der Waals surface area contributed by atoms with Crippen molar-refractivity contribution in [2.24, 2.45) is 0 Å². The molecule has 6 aromatic carbocycles. The SMILES string of the molecule is C1=[N+](c2[c-]c(Oc3[c-]c4c(cc3)c3ccccc3n4-c3ccccn3)ccc2)c2ccc3ccccc3c2[N+]=1c1c(-c2ccccn2)cccc1-c1ccccn1.[Pt+2]. The van der Waals surface area contributed by atoms with E-state index in [2.05, 4.69) is 116 Å². The first-order valence-electron chi connectivity index (χ1n) is 18.7. The molecule has 0 radical (unpaired) electrons. The van der Waals surface area contributed by atoms with E-state index in [0.29, 0.717) is 11.5 Å². The molecule has 1 aliphatic rings. The molecule has 0 saturated heterocycles. The average molecular weight is 926 g/mol. The van der Waals surface area contributed by atoms with Crippen LogP contribution in [0.25, 0.3) is 60.9 Å². The molecule has 0 fully saturated rings. The standard InChI is InChI=1S/C50H30N6O.Pt/c1-2-16-38-34(13-1)24-27-46-50(38)55(49-41(43-20-5-8-28-51-43)18-12-19-42(49)44-21-6-9-29-52-44)33-54(46)35-14-11-15-36(31-35)57-37-25-26-40-39-17-3-4-22-45(39)56(47(40)32-37)48-23-7-10-30-53-48;/h1-30H;/q;+2. The van der Waals surface area contributed by atoms with Gasteiger partial charge in [-0.05, 0) is 82.1 Å². The van der Waals surface area contributed by atoms with Gasteiger partial charge in [-0.3, -0.25) is 9.97 Å². The van der Waals surface area contributed by atoms with Crippen LogP contribution in [0.1, 0.15) is 0 Å². The summed E-state index contributed by atoms with van der Waals surface area (Å²) in [5, 5.41) is 4.41. The zero-order valence-corrected chi connectivity index (χ0v) is 33.0. The van der Waals surface area contributed by atoms with Crippen molar-refractivity contribution in [2.75, 3.05) is 0 Å². The first-order valence-corrected chi connectivity index (χ1v) is 18.7. The summed E-state index contributed by atoms with van der Waals surface area (Å²) in [5.74, 6) is 1.94. The number of benzene rings is 6. The van der Waals surface area contributed by atoms with Crippen molar-refractivity contribution in [1.82, 2.24) is 28.7 Å². The minimum absolute atomic E-state index is 0. The van der Waals surface area contributed by atoms with Gasteiger partial charge in [0.1, 0.15) is 11.5 Å². The van der Waals surface area contributed by atoms with Gasteiger partial charge in [0.15, 0.2) is 0 Å². The third kappa shape index (κ3) is 5.93. The molecule has 11 rings (SSSR count). The first-order chi connectivity index (χ1) is 28.3. The maximum absolute atomic E-state index is 6.57. The Hall–Kier alpha value is -7.30. The van der Waals surface area contributed by atoms with E-state index in [9.17, 15) is 0 Å². The Morgan fingerprint density at radius 2 is 1.17 bits per heavy atom. The summed E-state index contributed by atoms with van der Waals surface area (Å²) in [7, 11) is 0. The number of rotatable bonds is 7. The summed E-state index contributed by atoms with van der Waals surface area (Å²) in [6.07, 6.45) is 5.46. The summed E-state index contributed by atoms with van der Waals surface area (Å²) < 4.78 is 12.9. The van der Waals surface area contributed by atoms with Crippen LogP contribution in [0, 0.1) is 12.1 Å². The third-order valence-electron chi connectivity index (χ3n) is 10.3. The number of fused-ring (bicyclic) bond motifs is 6. The Morgan fingerprint density at radius 3 is 1.91 bits per heavy atom. The summed E-state index contributed by atoms with van der Waals surface area (Å²) in [6, 6.07) is 66.1. The number of hydrogen-bond donors (Lipinski definition) is 0. The largest absolute Gasteiger partial charge is 2.00 e. The topological polar surface area (TPSA) is 58.9 Å². The monoisotopic (exact) mass is 925 g/mol. The van der Waals surface area contributed by atoms with Gasteiger partial charge in [0.05, 0.1) is 27.9 Å². The fraction of sp³-hybridized carbons (Fsp3) is 0. The number of aromatic nitrogens is 4. The van der Waals surface area contributed by atoms with Gasteiger partial charge >= 0.3 is 32.8 Å². The van der Waals surface area contributed by atoms with Crippen molar-refractivity contribution in [1.29, 1.82) is 0 Å². The number of pyridine rings is 3. The van der Waals surface area contributed by atoms with Crippen LogP contribution >= 0.6 is 0 Å². The van der Waals surface area contributed by atoms with Crippen LogP contribution in [0.4, 0.5) is 22.7 Å². The molecule has 58 heavy (non-hydrogen) atoms. The molecule has 0 unspecified atom stereocenters. The quantitative estimate of drug-likeness (QED) is 0.118. The Kier molecular flexibility index (Phi) is 8.87. The van der Waals surface area contributed by atoms with E-state index in [1.54, 1.807) is 0 Å². The van der Waals surface area contributed by atoms with Crippen LogP contribution in [0.15, 0.2) is 182 Å². The summed E-state index contributed by atoms with van der Waals surface area (Å²) in [6.45, 7) is 0. The molecule has 5 heterocycles. The number of nitrogens with zero attached hydrogens (tertiary/aromatic N) is 6. The molecule has 7 nitrogen and oxygen atoms in total. The second kappa shape index (κ2) is 14.6. The molecule has 0 spiro atoms. The van der Waals surface area contributed by atoms with Crippen LogP contribution < -0.4 is 13.9 Å². The fourth-order valence-electron chi connectivity index (χ4n) is 7.85. The van der Waals surface area contributed by atoms with Gasteiger partial charge in [0.2, 0.25) is 5.69 Å². The van der Waals surface area contributed by atoms with Gasteiger partial charge in [0.25, 0.3) is 5.69 Å². The zero-order valence-electron chi connectivity index (χ0n) is 30.7. The normalized spacial score (nSPS) is 11.9.